The minimum atomic E-state index is 0.0886. The molecule has 0 radical (unpaired) electrons. The maximum atomic E-state index is 9.67. The van der Waals surface area contributed by atoms with Gasteiger partial charge in [0.05, 0.1) is 32.4 Å². The molecule has 0 unspecified atom stereocenters. The Morgan fingerprint density at radius 2 is 1.59 bits per heavy atom. The third kappa shape index (κ3) is 2.28. The number of benzene rings is 2. The maximum Gasteiger partial charge on any atom is 0.163 e. The van der Waals surface area contributed by atoms with Gasteiger partial charge in [0.1, 0.15) is 5.82 Å². The highest BCUT2D eigenvalue weighted by Gasteiger charge is 2.12. The Morgan fingerprint density at radius 3 is 2.27 bits per heavy atom. The maximum absolute atomic E-state index is 9.67. The molecular formula is C16H16N2O4. The van der Waals surface area contributed by atoms with Crippen LogP contribution >= 0.6 is 0 Å². The summed E-state index contributed by atoms with van der Waals surface area (Å²) < 4.78 is 15.7. The van der Waals surface area contributed by atoms with Gasteiger partial charge in [-0.15, -0.1) is 0 Å². The molecule has 0 atom stereocenters. The van der Waals surface area contributed by atoms with Gasteiger partial charge in [-0.2, -0.15) is 0 Å². The summed E-state index contributed by atoms with van der Waals surface area (Å²) in [5, 5.41) is 9.67. The van der Waals surface area contributed by atoms with Gasteiger partial charge < -0.3 is 24.3 Å². The lowest BCUT2D eigenvalue weighted by atomic mass is 10.2. The van der Waals surface area contributed by atoms with E-state index in [1.165, 1.54) is 7.11 Å². The van der Waals surface area contributed by atoms with Gasteiger partial charge in [-0.1, -0.05) is 0 Å². The minimum absolute atomic E-state index is 0.0886. The number of fused-ring (bicyclic) bond motifs is 1. The van der Waals surface area contributed by atoms with Gasteiger partial charge in [-0.05, 0) is 18.2 Å². The first-order valence-corrected chi connectivity index (χ1v) is 6.65. The molecule has 0 amide bonds. The standard InChI is InChI=1S/C16H16N2O4/c1-20-13-6-9(4-5-12(13)19)16-17-10-7-14(21-2)15(22-3)8-11(10)18-16/h4-8,19H,1-3H3,(H,17,18). The highest BCUT2D eigenvalue weighted by atomic mass is 16.5. The molecular weight excluding hydrogens is 284 g/mol. The highest BCUT2D eigenvalue weighted by Crippen LogP contribution is 2.34. The molecule has 6 nitrogen and oxygen atoms in total. The number of phenols is 1. The lowest BCUT2D eigenvalue weighted by Gasteiger charge is -2.06. The van der Waals surface area contributed by atoms with Gasteiger partial charge in [0.25, 0.3) is 0 Å². The van der Waals surface area contributed by atoms with E-state index in [4.69, 9.17) is 14.2 Å². The van der Waals surface area contributed by atoms with E-state index < -0.39 is 0 Å². The van der Waals surface area contributed by atoms with Crippen LogP contribution in [0.25, 0.3) is 22.4 Å². The predicted molar refractivity (Wildman–Crippen MR) is 82.9 cm³/mol. The number of hydrogen-bond acceptors (Lipinski definition) is 5. The Bertz CT molecular complexity index is 785. The molecule has 0 fully saturated rings. The molecule has 0 aliphatic heterocycles. The van der Waals surface area contributed by atoms with E-state index in [9.17, 15) is 5.11 Å². The second-order valence-electron chi connectivity index (χ2n) is 4.70. The smallest absolute Gasteiger partial charge is 0.163 e. The minimum Gasteiger partial charge on any atom is -0.504 e. The van der Waals surface area contributed by atoms with Crippen LogP contribution in [-0.2, 0) is 0 Å². The van der Waals surface area contributed by atoms with Crippen molar-refractivity contribution >= 4 is 11.0 Å². The summed E-state index contributed by atoms with van der Waals surface area (Å²) in [4.78, 5) is 7.77. The van der Waals surface area contributed by atoms with E-state index in [1.807, 2.05) is 12.1 Å². The Hall–Kier alpha value is -2.89. The number of aromatic nitrogens is 2. The molecule has 0 saturated heterocycles. The Morgan fingerprint density at radius 1 is 0.909 bits per heavy atom. The van der Waals surface area contributed by atoms with Crippen molar-refractivity contribution in [2.45, 2.75) is 0 Å². The van der Waals surface area contributed by atoms with E-state index in [-0.39, 0.29) is 5.75 Å². The number of nitrogens with one attached hydrogen (secondary N) is 1. The summed E-state index contributed by atoms with van der Waals surface area (Å²) in [6.45, 7) is 0. The lowest BCUT2D eigenvalue weighted by molar-refractivity contribution is 0.356. The van der Waals surface area contributed by atoms with E-state index in [0.29, 0.717) is 23.1 Å². The molecule has 0 spiro atoms. The van der Waals surface area contributed by atoms with Crippen molar-refractivity contribution in [2.75, 3.05) is 21.3 Å². The zero-order chi connectivity index (χ0) is 15.7. The number of methoxy groups -OCH3 is 3. The summed E-state index contributed by atoms with van der Waals surface area (Å²) in [6.07, 6.45) is 0. The van der Waals surface area contributed by atoms with Crippen LogP contribution in [0.5, 0.6) is 23.0 Å². The monoisotopic (exact) mass is 300 g/mol. The Kier molecular flexibility index (Phi) is 3.50. The molecule has 3 aromatic rings. The quantitative estimate of drug-likeness (QED) is 0.774. The topological polar surface area (TPSA) is 76.6 Å². The normalized spacial score (nSPS) is 10.7. The summed E-state index contributed by atoms with van der Waals surface area (Å²) in [7, 11) is 4.68. The fraction of sp³-hybridized carbons (Fsp3) is 0.188. The van der Waals surface area contributed by atoms with Gasteiger partial charge in [0.15, 0.2) is 23.0 Å². The van der Waals surface area contributed by atoms with Gasteiger partial charge in [0, 0.05) is 17.7 Å². The summed E-state index contributed by atoms with van der Waals surface area (Å²) in [5.74, 6) is 2.41. The number of imidazole rings is 1. The summed E-state index contributed by atoms with van der Waals surface area (Å²) in [5.41, 5.74) is 2.41. The van der Waals surface area contributed by atoms with Crippen LogP contribution in [-0.4, -0.2) is 36.4 Å². The molecule has 114 valence electrons. The molecule has 2 aromatic carbocycles. The predicted octanol–water partition coefficient (Wildman–Crippen LogP) is 2.96. The van der Waals surface area contributed by atoms with Crippen molar-refractivity contribution in [2.24, 2.45) is 0 Å². The Balaban J connectivity index is 2.12. The van der Waals surface area contributed by atoms with Crippen molar-refractivity contribution in [3.8, 4) is 34.4 Å². The molecule has 1 aromatic heterocycles. The number of phenolic OH excluding ortho intramolecular Hbond substituents is 1. The van der Waals surface area contributed by atoms with Crippen molar-refractivity contribution in [3.63, 3.8) is 0 Å². The first kappa shape index (κ1) is 14.1. The molecule has 0 bridgehead atoms. The molecule has 2 N–H and O–H groups in total. The molecule has 6 heteroatoms. The van der Waals surface area contributed by atoms with E-state index in [2.05, 4.69) is 9.97 Å². The van der Waals surface area contributed by atoms with E-state index in [0.717, 1.165) is 16.6 Å². The zero-order valence-electron chi connectivity index (χ0n) is 12.5. The van der Waals surface area contributed by atoms with E-state index in [1.54, 1.807) is 32.4 Å². The van der Waals surface area contributed by atoms with Crippen LogP contribution in [0.4, 0.5) is 0 Å². The molecule has 1 heterocycles. The van der Waals surface area contributed by atoms with Gasteiger partial charge >= 0.3 is 0 Å². The SMILES string of the molecule is COc1cc(-c2nc3cc(OC)c(OC)cc3[nH]2)ccc1O. The van der Waals surface area contributed by atoms with Crippen molar-refractivity contribution < 1.29 is 19.3 Å². The average molecular weight is 300 g/mol. The molecule has 0 aliphatic rings. The summed E-state index contributed by atoms with van der Waals surface area (Å²) in [6, 6.07) is 8.71. The third-order valence-electron chi connectivity index (χ3n) is 3.44. The second-order valence-corrected chi connectivity index (χ2v) is 4.70. The van der Waals surface area contributed by atoms with Crippen LogP contribution in [0.3, 0.4) is 0 Å². The zero-order valence-corrected chi connectivity index (χ0v) is 12.5. The largest absolute Gasteiger partial charge is 0.504 e. The fourth-order valence-corrected chi connectivity index (χ4v) is 2.30. The van der Waals surface area contributed by atoms with Crippen molar-refractivity contribution in [1.82, 2.24) is 9.97 Å². The third-order valence-corrected chi connectivity index (χ3v) is 3.44. The number of nitrogens with zero attached hydrogens (tertiary/aromatic N) is 1. The number of ether oxygens (including phenoxy) is 3. The van der Waals surface area contributed by atoms with Crippen LogP contribution < -0.4 is 14.2 Å². The van der Waals surface area contributed by atoms with Crippen LogP contribution in [0.1, 0.15) is 0 Å². The van der Waals surface area contributed by atoms with Crippen LogP contribution in [0.15, 0.2) is 30.3 Å². The van der Waals surface area contributed by atoms with Gasteiger partial charge in [0.2, 0.25) is 0 Å². The second kappa shape index (κ2) is 5.48. The number of aromatic hydroxyl groups is 1. The van der Waals surface area contributed by atoms with Gasteiger partial charge in [-0.25, -0.2) is 4.98 Å². The first-order chi connectivity index (χ1) is 10.7. The summed E-state index contributed by atoms with van der Waals surface area (Å²) >= 11 is 0. The number of H-pyrrole nitrogens is 1. The van der Waals surface area contributed by atoms with Crippen molar-refractivity contribution in [1.29, 1.82) is 0 Å². The average Bonchev–Trinajstić information content (AvgIpc) is 2.96. The highest BCUT2D eigenvalue weighted by molar-refractivity contribution is 5.83. The van der Waals surface area contributed by atoms with Crippen LogP contribution in [0.2, 0.25) is 0 Å². The fourth-order valence-electron chi connectivity index (χ4n) is 2.30. The van der Waals surface area contributed by atoms with Crippen molar-refractivity contribution in [3.05, 3.63) is 30.3 Å². The molecule has 0 saturated carbocycles. The molecule has 3 rings (SSSR count). The van der Waals surface area contributed by atoms with Crippen LogP contribution in [0, 0.1) is 0 Å². The molecule has 0 aliphatic carbocycles. The van der Waals surface area contributed by atoms with Gasteiger partial charge in [-0.3, -0.25) is 0 Å². The lowest BCUT2D eigenvalue weighted by Crippen LogP contribution is -1.89. The number of hydrogen-bond donors (Lipinski definition) is 2. The number of aromatic amines is 1. The Labute approximate surface area is 127 Å². The molecule has 22 heavy (non-hydrogen) atoms. The first-order valence-electron chi connectivity index (χ1n) is 6.65. The van der Waals surface area contributed by atoms with E-state index >= 15 is 0 Å². The number of rotatable bonds is 4.